The maximum absolute atomic E-state index is 11.1. The number of hydrogen-bond donors (Lipinski definition) is 1. The van der Waals surface area contributed by atoms with Crippen molar-refractivity contribution >= 4 is 5.91 Å². The fraction of sp³-hybridized carbons (Fsp3) is 0.727. The zero-order valence-electron chi connectivity index (χ0n) is 10.4. The minimum atomic E-state index is -0.0931. The maximum atomic E-state index is 11.1. The van der Waals surface area contributed by atoms with Crippen LogP contribution in [-0.4, -0.2) is 43.6 Å². The highest BCUT2D eigenvalue weighted by Gasteiger charge is 2.28. The van der Waals surface area contributed by atoms with Crippen LogP contribution in [0.25, 0.3) is 0 Å². The first kappa shape index (κ1) is 16.9. The Morgan fingerprint density at radius 3 is 2.20 bits per heavy atom. The molecule has 0 aliphatic carbocycles. The topological polar surface area (TPSA) is 29.1 Å². The highest BCUT2D eigenvalue weighted by atomic mass is 35.5. The van der Waals surface area contributed by atoms with E-state index < -0.39 is 0 Å². The van der Waals surface area contributed by atoms with E-state index in [1.165, 1.54) is 6.08 Å². The summed E-state index contributed by atoms with van der Waals surface area (Å²) in [6, 6.07) is 0.601. The smallest absolute Gasteiger partial charge is 0.243 e. The Bertz CT molecular complexity index is 211. The van der Waals surface area contributed by atoms with Crippen LogP contribution in [0.1, 0.15) is 20.3 Å². The van der Waals surface area contributed by atoms with E-state index in [-0.39, 0.29) is 24.4 Å². The summed E-state index contributed by atoms with van der Waals surface area (Å²) in [5.74, 6) is -0.0931. The summed E-state index contributed by atoms with van der Waals surface area (Å²) in [4.78, 5) is 11.1. The van der Waals surface area contributed by atoms with Crippen molar-refractivity contribution in [2.75, 3.05) is 21.1 Å². The molecule has 0 saturated carbocycles. The second-order valence-electron chi connectivity index (χ2n) is 4.59. The molecule has 0 aromatic rings. The molecule has 0 aliphatic heterocycles. The number of quaternary nitrogens is 1. The van der Waals surface area contributed by atoms with Gasteiger partial charge in [0.05, 0.1) is 27.2 Å². The largest absolute Gasteiger partial charge is 1.00 e. The molecule has 3 nitrogen and oxygen atoms in total. The Kier molecular flexibility index (Phi) is 7.71. The highest BCUT2D eigenvalue weighted by Crippen LogP contribution is 2.11. The monoisotopic (exact) mass is 234 g/mol. The van der Waals surface area contributed by atoms with E-state index in [0.717, 1.165) is 10.9 Å². The van der Waals surface area contributed by atoms with Gasteiger partial charge in [0.25, 0.3) is 0 Å². The minimum Gasteiger partial charge on any atom is -1.00 e. The molecular formula is C11H23ClN2O. The van der Waals surface area contributed by atoms with Crippen molar-refractivity contribution in [3.63, 3.8) is 0 Å². The molecule has 0 saturated heterocycles. The van der Waals surface area contributed by atoms with Crippen LogP contribution in [0.15, 0.2) is 12.7 Å². The third-order valence-electron chi connectivity index (χ3n) is 2.55. The van der Waals surface area contributed by atoms with Crippen LogP contribution in [0.4, 0.5) is 0 Å². The van der Waals surface area contributed by atoms with Gasteiger partial charge in [-0.25, -0.2) is 0 Å². The first-order valence-corrected chi connectivity index (χ1v) is 5.07. The molecule has 1 amide bonds. The molecule has 0 heterocycles. The van der Waals surface area contributed by atoms with Crippen LogP contribution >= 0.6 is 0 Å². The van der Waals surface area contributed by atoms with Crippen LogP contribution in [0.5, 0.6) is 0 Å². The zero-order valence-corrected chi connectivity index (χ0v) is 11.1. The van der Waals surface area contributed by atoms with Crippen molar-refractivity contribution < 1.29 is 21.7 Å². The summed E-state index contributed by atoms with van der Waals surface area (Å²) in [6.45, 7) is 7.63. The number of hydrogen-bond acceptors (Lipinski definition) is 1. The van der Waals surface area contributed by atoms with Crippen LogP contribution < -0.4 is 17.7 Å². The van der Waals surface area contributed by atoms with Crippen LogP contribution in [0.2, 0.25) is 0 Å². The number of rotatable bonds is 5. The molecule has 1 N–H and O–H groups in total. The molecule has 0 aliphatic rings. The van der Waals surface area contributed by atoms with Crippen molar-refractivity contribution in [1.29, 1.82) is 0 Å². The fourth-order valence-corrected chi connectivity index (χ4v) is 1.95. The molecule has 0 radical (unpaired) electrons. The second-order valence-corrected chi connectivity index (χ2v) is 4.59. The standard InChI is InChI=1S/C11H22N2O.ClH/c1-7-10(13(4,5)6)9(3)12-11(14)8-2;/h8-10H,2,7H2,1,3-6H3;1H. The number of nitrogens with zero attached hydrogens (tertiary/aromatic N) is 1. The van der Waals surface area contributed by atoms with Crippen molar-refractivity contribution in [2.45, 2.75) is 32.4 Å². The van der Waals surface area contributed by atoms with Crippen molar-refractivity contribution in [1.82, 2.24) is 5.32 Å². The average Bonchev–Trinajstić information content (AvgIpc) is 2.02. The van der Waals surface area contributed by atoms with E-state index in [4.69, 9.17) is 0 Å². The summed E-state index contributed by atoms with van der Waals surface area (Å²) in [5.41, 5.74) is 0. The van der Waals surface area contributed by atoms with Crippen molar-refractivity contribution in [3.8, 4) is 0 Å². The third-order valence-corrected chi connectivity index (χ3v) is 2.55. The lowest BCUT2D eigenvalue weighted by molar-refractivity contribution is -0.897. The Morgan fingerprint density at radius 1 is 1.47 bits per heavy atom. The summed E-state index contributed by atoms with van der Waals surface area (Å²) in [6.07, 6.45) is 2.36. The molecule has 15 heavy (non-hydrogen) atoms. The highest BCUT2D eigenvalue weighted by molar-refractivity contribution is 5.87. The van der Waals surface area contributed by atoms with Gasteiger partial charge in [-0.2, -0.15) is 0 Å². The Balaban J connectivity index is 0. The number of nitrogens with one attached hydrogen (secondary N) is 1. The van der Waals surface area contributed by atoms with Gasteiger partial charge in [0.2, 0.25) is 5.91 Å². The molecule has 0 aromatic carbocycles. The maximum Gasteiger partial charge on any atom is 0.243 e. The molecule has 0 fully saturated rings. The Labute approximate surface area is 99.5 Å². The Morgan fingerprint density at radius 2 is 1.93 bits per heavy atom. The molecule has 0 rings (SSSR count). The molecule has 0 bridgehead atoms. The lowest BCUT2D eigenvalue weighted by Gasteiger charge is -2.37. The molecule has 0 spiro atoms. The second kappa shape index (κ2) is 6.85. The predicted molar refractivity (Wildman–Crippen MR) is 59.9 cm³/mol. The average molecular weight is 235 g/mol. The normalized spacial score (nSPS) is 14.7. The molecule has 2 atom stereocenters. The number of amides is 1. The summed E-state index contributed by atoms with van der Waals surface area (Å²) in [7, 11) is 6.43. The molecule has 0 aromatic heterocycles. The third kappa shape index (κ3) is 5.80. The van der Waals surface area contributed by atoms with Gasteiger partial charge in [-0.1, -0.05) is 13.5 Å². The quantitative estimate of drug-likeness (QED) is 0.440. The molecular weight excluding hydrogens is 212 g/mol. The first-order valence-electron chi connectivity index (χ1n) is 5.07. The van der Waals surface area contributed by atoms with Gasteiger partial charge in [0.1, 0.15) is 6.04 Å². The minimum absolute atomic E-state index is 0. The number of likely N-dealkylation sites (N-methyl/N-ethyl adjacent to an activating group) is 1. The fourth-order valence-electron chi connectivity index (χ4n) is 1.95. The lowest BCUT2D eigenvalue weighted by Crippen LogP contribution is -3.00. The van der Waals surface area contributed by atoms with E-state index >= 15 is 0 Å². The van der Waals surface area contributed by atoms with E-state index in [1.54, 1.807) is 0 Å². The van der Waals surface area contributed by atoms with Crippen LogP contribution in [0.3, 0.4) is 0 Å². The summed E-state index contributed by atoms with van der Waals surface area (Å²) in [5, 5.41) is 2.91. The molecule has 2 unspecified atom stereocenters. The van der Waals surface area contributed by atoms with Gasteiger partial charge >= 0.3 is 0 Å². The first-order chi connectivity index (χ1) is 6.32. The number of halogens is 1. The van der Waals surface area contributed by atoms with Gasteiger partial charge in [-0.15, -0.1) is 0 Å². The van der Waals surface area contributed by atoms with Crippen LogP contribution in [-0.2, 0) is 4.79 Å². The van der Waals surface area contributed by atoms with Gasteiger partial charge in [-0.05, 0) is 19.4 Å². The lowest BCUT2D eigenvalue weighted by atomic mass is 10.0. The molecule has 90 valence electrons. The molecule has 4 heteroatoms. The van der Waals surface area contributed by atoms with Crippen molar-refractivity contribution in [3.05, 3.63) is 12.7 Å². The van der Waals surface area contributed by atoms with E-state index in [0.29, 0.717) is 6.04 Å². The number of carbonyl (C=O) groups excluding carboxylic acids is 1. The van der Waals surface area contributed by atoms with Gasteiger partial charge in [-0.3, -0.25) is 4.79 Å². The number of carbonyl (C=O) groups is 1. The predicted octanol–water partition coefficient (Wildman–Crippen LogP) is -1.83. The van der Waals surface area contributed by atoms with E-state index in [1.807, 2.05) is 6.92 Å². The zero-order chi connectivity index (χ0) is 11.4. The van der Waals surface area contributed by atoms with Gasteiger partial charge in [0, 0.05) is 0 Å². The summed E-state index contributed by atoms with van der Waals surface area (Å²) >= 11 is 0. The summed E-state index contributed by atoms with van der Waals surface area (Å²) < 4.78 is 0.856. The van der Waals surface area contributed by atoms with Crippen LogP contribution in [0, 0.1) is 0 Å². The van der Waals surface area contributed by atoms with E-state index in [9.17, 15) is 4.79 Å². The Hall–Kier alpha value is -0.540. The SMILES string of the molecule is C=CC(=O)NC(C)C(CC)[N+](C)(C)C.[Cl-]. The van der Waals surface area contributed by atoms with E-state index in [2.05, 4.69) is 40.0 Å². The van der Waals surface area contributed by atoms with Gasteiger partial charge < -0.3 is 22.2 Å². The van der Waals surface area contributed by atoms with Crippen molar-refractivity contribution in [2.24, 2.45) is 0 Å². The van der Waals surface area contributed by atoms with Gasteiger partial charge in [0.15, 0.2) is 0 Å².